The Bertz CT molecular complexity index is 532. The van der Waals surface area contributed by atoms with Crippen molar-refractivity contribution < 1.29 is 9.72 Å². The van der Waals surface area contributed by atoms with Gasteiger partial charge in [0, 0.05) is 32.3 Å². The number of rotatable bonds is 5. The van der Waals surface area contributed by atoms with Crippen LogP contribution in [0.5, 0.6) is 0 Å². The van der Waals surface area contributed by atoms with Gasteiger partial charge in [0.05, 0.1) is 9.95 Å². The summed E-state index contributed by atoms with van der Waals surface area (Å²) in [5, 5.41) is 13.9. The third kappa shape index (κ3) is 3.60. The quantitative estimate of drug-likeness (QED) is 0.670. The van der Waals surface area contributed by atoms with E-state index in [1.165, 1.54) is 17.0 Å². The van der Waals surface area contributed by atoms with Crippen molar-refractivity contribution in [3.8, 4) is 0 Å². The zero-order valence-electron chi connectivity index (χ0n) is 11.9. The minimum absolute atomic E-state index is 0.156. The number of hydrogen-bond donors (Lipinski definition) is 1. The summed E-state index contributed by atoms with van der Waals surface area (Å²) in [6.07, 6.45) is 0. The number of amides is 1. The molecule has 0 saturated carbocycles. The van der Waals surface area contributed by atoms with Crippen molar-refractivity contribution in [1.29, 1.82) is 0 Å². The SMILES string of the molecule is CNc1c(Cl)cc(C(=O)N(C)CC(C)C)cc1[N+](=O)[O-]. The zero-order chi connectivity index (χ0) is 15.4. The molecule has 1 aromatic carbocycles. The largest absolute Gasteiger partial charge is 0.381 e. The third-order valence-electron chi connectivity index (χ3n) is 2.75. The predicted octanol–water partition coefficient (Wildman–Crippen LogP) is 3.02. The Morgan fingerprint density at radius 1 is 1.50 bits per heavy atom. The molecule has 0 aliphatic heterocycles. The van der Waals surface area contributed by atoms with Crippen molar-refractivity contribution >= 4 is 28.9 Å². The van der Waals surface area contributed by atoms with Crippen LogP contribution in [0.15, 0.2) is 12.1 Å². The highest BCUT2D eigenvalue weighted by atomic mass is 35.5. The molecule has 0 aromatic heterocycles. The minimum atomic E-state index is -0.559. The number of nitrogens with one attached hydrogen (secondary N) is 1. The molecular weight excluding hydrogens is 282 g/mol. The standard InChI is InChI=1S/C13H18ClN3O3/c1-8(2)7-16(4)13(18)9-5-10(14)12(15-3)11(6-9)17(19)20/h5-6,8,15H,7H2,1-4H3. The topological polar surface area (TPSA) is 75.5 Å². The van der Waals surface area contributed by atoms with E-state index in [0.717, 1.165) is 0 Å². The maximum absolute atomic E-state index is 12.2. The number of nitro groups is 1. The number of hydrogen-bond acceptors (Lipinski definition) is 4. The van der Waals surface area contributed by atoms with E-state index in [2.05, 4.69) is 5.32 Å². The van der Waals surface area contributed by atoms with Crippen LogP contribution in [0.3, 0.4) is 0 Å². The number of benzene rings is 1. The Hall–Kier alpha value is -1.82. The fourth-order valence-corrected chi connectivity index (χ4v) is 2.27. The molecule has 1 amide bonds. The molecule has 0 saturated heterocycles. The molecule has 1 aromatic rings. The van der Waals surface area contributed by atoms with Gasteiger partial charge < -0.3 is 10.2 Å². The lowest BCUT2D eigenvalue weighted by Gasteiger charge is -2.19. The summed E-state index contributed by atoms with van der Waals surface area (Å²) in [6.45, 7) is 4.55. The molecule has 0 aliphatic rings. The summed E-state index contributed by atoms with van der Waals surface area (Å²) in [4.78, 5) is 24.2. The molecule has 110 valence electrons. The van der Waals surface area contributed by atoms with Crippen molar-refractivity contribution in [3.05, 3.63) is 32.8 Å². The van der Waals surface area contributed by atoms with Gasteiger partial charge in [0.25, 0.3) is 11.6 Å². The average molecular weight is 300 g/mol. The van der Waals surface area contributed by atoms with Crippen molar-refractivity contribution in [3.63, 3.8) is 0 Å². The van der Waals surface area contributed by atoms with Gasteiger partial charge in [-0.15, -0.1) is 0 Å². The molecule has 7 heteroatoms. The highest BCUT2D eigenvalue weighted by Gasteiger charge is 2.22. The van der Waals surface area contributed by atoms with Crippen molar-refractivity contribution in [2.75, 3.05) is 26.0 Å². The maximum Gasteiger partial charge on any atom is 0.294 e. The summed E-state index contributed by atoms with van der Waals surface area (Å²) in [6, 6.07) is 2.69. The van der Waals surface area contributed by atoms with Gasteiger partial charge >= 0.3 is 0 Å². The first-order valence-corrected chi connectivity index (χ1v) is 6.56. The summed E-state index contributed by atoms with van der Waals surface area (Å²) in [5.41, 5.74) is 0.213. The van der Waals surface area contributed by atoms with Gasteiger partial charge in [-0.1, -0.05) is 25.4 Å². The minimum Gasteiger partial charge on any atom is -0.381 e. The average Bonchev–Trinajstić information content (AvgIpc) is 2.35. The predicted molar refractivity (Wildman–Crippen MR) is 79.5 cm³/mol. The molecule has 6 nitrogen and oxygen atoms in total. The Labute approximate surface area is 122 Å². The van der Waals surface area contributed by atoms with E-state index in [1.54, 1.807) is 14.1 Å². The van der Waals surface area contributed by atoms with Gasteiger partial charge in [0.2, 0.25) is 0 Å². The molecule has 0 fully saturated rings. The van der Waals surface area contributed by atoms with Gasteiger partial charge in [-0.2, -0.15) is 0 Å². The van der Waals surface area contributed by atoms with E-state index in [4.69, 9.17) is 11.6 Å². The highest BCUT2D eigenvalue weighted by molar-refractivity contribution is 6.34. The molecule has 0 radical (unpaired) electrons. The van der Waals surface area contributed by atoms with Crippen LogP contribution in [0, 0.1) is 16.0 Å². The highest BCUT2D eigenvalue weighted by Crippen LogP contribution is 2.33. The number of carbonyl (C=O) groups excluding carboxylic acids is 1. The Morgan fingerprint density at radius 3 is 2.55 bits per heavy atom. The lowest BCUT2D eigenvalue weighted by molar-refractivity contribution is -0.383. The summed E-state index contributed by atoms with van der Waals surface area (Å²) in [5.74, 6) is 0.0253. The van der Waals surface area contributed by atoms with Crippen LogP contribution in [-0.2, 0) is 0 Å². The molecule has 0 spiro atoms. The van der Waals surface area contributed by atoms with Crippen LogP contribution in [0.25, 0.3) is 0 Å². The van der Waals surface area contributed by atoms with Gasteiger partial charge in [-0.05, 0) is 12.0 Å². The van der Waals surface area contributed by atoms with E-state index in [0.29, 0.717) is 12.5 Å². The maximum atomic E-state index is 12.2. The summed E-state index contributed by atoms with van der Waals surface area (Å²) < 4.78 is 0. The number of nitro benzene ring substituents is 1. The van der Waals surface area contributed by atoms with Crippen LogP contribution >= 0.6 is 11.6 Å². The lowest BCUT2D eigenvalue weighted by Crippen LogP contribution is -2.30. The van der Waals surface area contributed by atoms with E-state index in [-0.39, 0.29) is 27.9 Å². The third-order valence-corrected chi connectivity index (χ3v) is 3.05. The number of halogens is 1. The van der Waals surface area contributed by atoms with Gasteiger partial charge in [0.1, 0.15) is 5.69 Å². The Morgan fingerprint density at radius 2 is 2.10 bits per heavy atom. The first kappa shape index (κ1) is 16.2. The lowest BCUT2D eigenvalue weighted by atomic mass is 10.1. The first-order chi connectivity index (χ1) is 9.27. The molecular formula is C13H18ClN3O3. The Kier molecular flexibility index (Phi) is 5.33. The number of nitrogens with zero attached hydrogens (tertiary/aromatic N) is 2. The fourth-order valence-electron chi connectivity index (χ4n) is 1.96. The van der Waals surface area contributed by atoms with Crippen LogP contribution in [0.1, 0.15) is 24.2 Å². The molecule has 1 N–H and O–H groups in total. The smallest absolute Gasteiger partial charge is 0.294 e. The second-order valence-electron chi connectivity index (χ2n) is 4.94. The van der Waals surface area contributed by atoms with Crippen LogP contribution in [0.2, 0.25) is 5.02 Å². The molecule has 0 heterocycles. The summed E-state index contributed by atoms with van der Waals surface area (Å²) in [7, 11) is 3.20. The molecule has 20 heavy (non-hydrogen) atoms. The zero-order valence-corrected chi connectivity index (χ0v) is 12.7. The van der Waals surface area contributed by atoms with E-state index >= 15 is 0 Å². The Balaban J connectivity index is 3.20. The normalized spacial score (nSPS) is 10.5. The summed E-state index contributed by atoms with van der Waals surface area (Å²) >= 11 is 6.00. The molecule has 1 rings (SSSR count). The van der Waals surface area contributed by atoms with Gasteiger partial charge in [0.15, 0.2) is 0 Å². The van der Waals surface area contributed by atoms with Crippen LogP contribution in [-0.4, -0.2) is 36.4 Å². The van der Waals surface area contributed by atoms with Crippen LogP contribution < -0.4 is 5.32 Å². The molecule has 0 unspecified atom stereocenters. The molecule has 0 bridgehead atoms. The van der Waals surface area contributed by atoms with Crippen LogP contribution in [0.4, 0.5) is 11.4 Å². The van der Waals surface area contributed by atoms with Crippen molar-refractivity contribution in [1.82, 2.24) is 4.90 Å². The second-order valence-corrected chi connectivity index (χ2v) is 5.35. The fraction of sp³-hybridized carbons (Fsp3) is 0.462. The van der Waals surface area contributed by atoms with E-state index < -0.39 is 4.92 Å². The number of carbonyl (C=O) groups is 1. The first-order valence-electron chi connectivity index (χ1n) is 6.19. The van der Waals surface area contributed by atoms with E-state index in [1.807, 2.05) is 13.8 Å². The molecule has 0 aliphatic carbocycles. The monoisotopic (exact) mass is 299 g/mol. The van der Waals surface area contributed by atoms with Crippen molar-refractivity contribution in [2.24, 2.45) is 5.92 Å². The van der Waals surface area contributed by atoms with E-state index in [9.17, 15) is 14.9 Å². The van der Waals surface area contributed by atoms with Gasteiger partial charge in [-0.3, -0.25) is 14.9 Å². The molecule has 0 atom stereocenters. The number of anilines is 1. The van der Waals surface area contributed by atoms with Gasteiger partial charge in [-0.25, -0.2) is 0 Å². The van der Waals surface area contributed by atoms with Crippen molar-refractivity contribution in [2.45, 2.75) is 13.8 Å². The second kappa shape index (κ2) is 6.56.